The lowest BCUT2D eigenvalue weighted by Crippen LogP contribution is -2.42. The summed E-state index contributed by atoms with van der Waals surface area (Å²) in [7, 11) is 0. The van der Waals surface area contributed by atoms with Crippen LogP contribution in [0.15, 0.2) is 48.2 Å². The van der Waals surface area contributed by atoms with E-state index in [0.29, 0.717) is 43.6 Å². The molecule has 2 heterocycles. The number of ketones is 1. The lowest BCUT2D eigenvalue weighted by molar-refractivity contribution is -0.217. The van der Waals surface area contributed by atoms with Crippen molar-refractivity contribution < 1.29 is 45.0 Å². The summed E-state index contributed by atoms with van der Waals surface area (Å²) < 4.78 is 107. The Morgan fingerprint density at radius 2 is 1.65 bits per heavy atom. The van der Waals surface area contributed by atoms with Gasteiger partial charge in [0.1, 0.15) is 5.82 Å². The van der Waals surface area contributed by atoms with E-state index in [1.54, 1.807) is 19.1 Å². The van der Waals surface area contributed by atoms with E-state index in [0.717, 1.165) is 11.3 Å². The number of allylic oxidation sites excluding steroid dienone is 2. The van der Waals surface area contributed by atoms with Crippen LogP contribution in [0, 0.1) is 24.6 Å². The molecule has 0 N–H and O–H groups in total. The number of ether oxygens (including phenoxy) is 2. The van der Waals surface area contributed by atoms with Gasteiger partial charge in [0.05, 0.1) is 23.8 Å². The Morgan fingerprint density at radius 1 is 0.975 bits per heavy atom. The van der Waals surface area contributed by atoms with Crippen LogP contribution >= 0.6 is 0 Å². The molecule has 0 amide bonds. The van der Waals surface area contributed by atoms with Gasteiger partial charge in [-0.15, -0.1) is 0 Å². The molecule has 0 radical (unpaired) electrons. The summed E-state index contributed by atoms with van der Waals surface area (Å²) in [5.74, 6) is -0.893. The van der Waals surface area contributed by atoms with Gasteiger partial charge in [0.15, 0.2) is 12.1 Å². The molecule has 40 heavy (non-hydrogen) atoms. The number of hydrogen-bond donors (Lipinski definition) is 0. The van der Waals surface area contributed by atoms with Crippen LogP contribution in [-0.2, 0) is 26.6 Å². The third-order valence-corrected chi connectivity index (χ3v) is 8.09. The number of alkyl halides is 6. The minimum Gasteiger partial charge on any atom is -0.374 e. The molecular weight excluding hydrogens is 543 g/mol. The first-order chi connectivity index (χ1) is 18.7. The lowest BCUT2D eigenvalue weighted by Gasteiger charge is -2.41. The number of likely N-dealkylation sites (tertiary alicyclic amines) is 1. The number of rotatable bonds is 5. The van der Waals surface area contributed by atoms with Gasteiger partial charge in [-0.25, -0.2) is 4.39 Å². The minimum atomic E-state index is -4.98. The predicted octanol–water partition coefficient (Wildman–Crippen LogP) is 7.18. The van der Waals surface area contributed by atoms with Crippen LogP contribution in [0.4, 0.5) is 30.7 Å². The minimum absolute atomic E-state index is 0.0339. The van der Waals surface area contributed by atoms with Crippen molar-refractivity contribution in [3.63, 3.8) is 0 Å². The first-order valence-electron chi connectivity index (χ1n) is 13.0. The fourth-order valence-corrected chi connectivity index (χ4v) is 6.08. The smallest absolute Gasteiger partial charge is 0.374 e. The van der Waals surface area contributed by atoms with E-state index >= 15 is 0 Å². The number of carbonyl (C=O) groups is 1. The number of carbonyl (C=O) groups excluding carboxylic acids is 1. The summed E-state index contributed by atoms with van der Waals surface area (Å²) in [4.78, 5) is 14.0. The Balaban J connectivity index is 1.47. The molecule has 5 atom stereocenters. The topological polar surface area (TPSA) is 38.8 Å². The van der Waals surface area contributed by atoms with Gasteiger partial charge in [-0.05, 0) is 73.2 Å². The second-order valence-corrected chi connectivity index (χ2v) is 10.8. The Hall–Kier alpha value is -2.92. The largest absolute Gasteiger partial charge is 0.416 e. The van der Waals surface area contributed by atoms with Crippen molar-refractivity contribution in [3.8, 4) is 0 Å². The fourth-order valence-electron chi connectivity index (χ4n) is 6.08. The number of halogens is 7. The van der Waals surface area contributed by atoms with E-state index in [-0.39, 0.29) is 35.9 Å². The molecular formula is C29H28F7NO3. The average Bonchev–Trinajstić information content (AvgIpc) is 3.49. The van der Waals surface area contributed by atoms with Gasteiger partial charge >= 0.3 is 12.4 Å². The molecule has 4 nitrogen and oxygen atoms in total. The van der Waals surface area contributed by atoms with Crippen LogP contribution < -0.4 is 0 Å². The molecule has 2 aromatic carbocycles. The van der Waals surface area contributed by atoms with Crippen molar-refractivity contribution in [2.24, 2.45) is 11.8 Å². The van der Waals surface area contributed by atoms with Crippen LogP contribution in [0.1, 0.15) is 59.6 Å². The third-order valence-electron chi connectivity index (χ3n) is 8.09. The number of fused-ring (bicyclic) bond motifs is 1. The van der Waals surface area contributed by atoms with E-state index in [4.69, 9.17) is 9.47 Å². The van der Waals surface area contributed by atoms with Crippen molar-refractivity contribution in [1.29, 1.82) is 0 Å². The molecule has 2 aromatic rings. The lowest BCUT2D eigenvalue weighted by atomic mass is 9.76. The third kappa shape index (κ3) is 5.76. The molecule has 2 saturated heterocycles. The first-order valence-corrected chi connectivity index (χ1v) is 13.0. The highest BCUT2D eigenvalue weighted by molar-refractivity contribution is 5.92. The van der Waals surface area contributed by atoms with Crippen molar-refractivity contribution in [3.05, 3.63) is 81.8 Å². The maximum Gasteiger partial charge on any atom is 0.416 e. The van der Waals surface area contributed by atoms with Crippen LogP contribution in [-0.4, -0.2) is 36.7 Å². The monoisotopic (exact) mass is 571 g/mol. The number of benzene rings is 2. The van der Waals surface area contributed by atoms with E-state index in [1.165, 1.54) is 19.1 Å². The van der Waals surface area contributed by atoms with Gasteiger partial charge < -0.3 is 14.4 Å². The highest BCUT2D eigenvalue weighted by atomic mass is 19.4. The van der Waals surface area contributed by atoms with Crippen molar-refractivity contribution in [1.82, 2.24) is 4.90 Å². The van der Waals surface area contributed by atoms with E-state index in [1.807, 2.05) is 0 Å². The van der Waals surface area contributed by atoms with Gasteiger partial charge in [0.2, 0.25) is 0 Å². The highest BCUT2D eigenvalue weighted by Crippen LogP contribution is 2.47. The SMILES string of the molecule is Cc1cc(F)ccc1[C@@H]1C(O[C@H](C)c2cc(C(F)(F)F)cc(C(F)(F)F)c2)OC[C@@H]2CN(C3=CC(=O)CC3)C[C@H]21. The van der Waals surface area contributed by atoms with E-state index in [2.05, 4.69) is 4.90 Å². The summed E-state index contributed by atoms with van der Waals surface area (Å²) in [6.45, 7) is 4.56. The maximum absolute atomic E-state index is 14.0. The quantitative estimate of drug-likeness (QED) is 0.357. The van der Waals surface area contributed by atoms with E-state index in [9.17, 15) is 35.5 Å². The molecule has 1 unspecified atom stereocenters. The molecule has 5 rings (SSSR count). The molecule has 11 heteroatoms. The summed E-state index contributed by atoms with van der Waals surface area (Å²) >= 11 is 0. The number of hydrogen-bond acceptors (Lipinski definition) is 4. The maximum atomic E-state index is 14.0. The Labute approximate surface area is 226 Å². The van der Waals surface area contributed by atoms with Gasteiger partial charge in [-0.2, -0.15) is 26.3 Å². The van der Waals surface area contributed by atoms with Gasteiger partial charge in [-0.1, -0.05) is 6.07 Å². The Bertz CT molecular complexity index is 1290. The van der Waals surface area contributed by atoms with Crippen molar-refractivity contribution in [2.75, 3.05) is 19.7 Å². The summed E-state index contributed by atoms with van der Waals surface area (Å²) in [5.41, 5.74) is -0.842. The van der Waals surface area contributed by atoms with Crippen molar-refractivity contribution in [2.45, 2.75) is 57.4 Å². The second kappa shape index (κ2) is 10.5. The summed E-state index contributed by atoms with van der Waals surface area (Å²) in [6.07, 6.45) is -9.45. The summed E-state index contributed by atoms with van der Waals surface area (Å²) in [5, 5.41) is 0. The Morgan fingerprint density at radius 3 is 2.23 bits per heavy atom. The zero-order valence-corrected chi connectivity index (χ0v) is 21.8. The molecule has 0 aromatic heterocycles. The zero-order chi connectivity index (χ0) is 29.0. The Kier molecular flexibility index (Phi) is 7.50. The molecule has 0 saturated carbocycles. The van der Waals surface area contributed by atoms with Crippen LogP contribution in [0.25, 0.3) is 0 Å². The van der Waals surface area contributed by atoms with E-state index < -0.39 is 47.6 Å². The molecule has 0 spiro atoms. The fraction of sp³-hybridized carbons (Fsp3) is 0.483. The molecule has 1 aliphatic carbocycles. The van der Waals surface area contributed by atoms with Crippen LogP contribution in [0.5, 0.6) is 0 Å². The highest BCUT2D eigenvalue weighted by Gasteiger charge is 2.48. The van der Waals surface area contributed by atoms with Crippen molar-refractivity contribution >= 4 is 5.78 Å². The molecule has 2 aliphatic heterocycles. The number of aryl methyl sites for hydroxylation is 1. The standard InChI is InChI=1S/C29H28F7NO3/c1-15-7-21(30)3-6-24(15)26-25-13-37(22-4-5-23(38)11-22)12-18(25)14-39-27(26)40-16(2)17-8-19(28(31,32)33)10-20(9-17)29(34,35)36/h3,6-11,16,18,25-27H,4-5,12-14H2,1-2H3/t16-,18+,25-,26+,27?/m1/s1. The van der Waals surface area contributed by atoms with Crippen LogP contribution in [0.2, 0.25) is 0 Å². The average molecular weight is 572 g/mol. The van der Waals surface area contributed by atoms with Crippen LogP contribution in [0.3, 0.4) is 0 Å². The molecule has 2 fully saturated rings. The molecule has 3 aliphatic rings. The van der Waals surface area contributed by atoms with Gasteiger partial charge in [0, 0.05) is 43.1 Å². The van der Waals surface area contributed by atoms with Gasteiger partial charge in [0.25, 0.3) is 0 Å². The first kappa shape index (κ1) is 28.6. The normalized spacial score (nSPS) is 26.2. The molecule has 216 valence electrons. The second-order valence-electron chi connectivity index (χ2n) is 10.8. The predicted molar refractivity (Wildman–Crippen MR) is 130 cm³/mol. The molecule has 0 bridgehead atoms. The van der Waals surface area contributed by atoms with Gasteiger partial charge in [-0.3, -0.25) is 4.79 Å². The zero-order valence-electron chi connectivity index (χ0n) is 21.8. The summed E-state index contributed by atoms with van der Waals surface area (Å²) in [6, 6.07) is 5.69. The number of nitrogens with zero attached hydrogens (tertiary/aromatic N) is 1.